The number of amides is 1. The number of rotatable bonds is 5. The lowest BCUT2D eigenvalue weighted by atomic mass is 10.2. The van der Waals surface area contributed by atoms with Crippen LogP contribution in [0, 0.1) is 0 Å². The lowest BCUT2D eigenvalue weighted by Crippen LogP contribution is -2.31. The van der Waals surface area contributed by atoms with Gasteiger partial charge < -0.3 is 10.1 Å². The number of aromatic nitrogens is 3. The molecule has 1 atom stereocenters. The number of carbonyl (C=O) groups is 1. The van der Waals surface area contributed by atoms with Crippen molar-refractivity contribution in [3.63, 3.8) is 0 Å². The molecule has 3 heterocycles. The average Bonchev–Trinajstić information content (AvgIpc) is 3.22. The van der Waals surface area contributed by atoms with Crippen LogP contribution in [-0.2, 0) is 11.2 Å². The summed E-state index contributed by atoms with van der Waals surface area (Å²) in [4.78, 5) is 25.9. The highest BCUT2D eigenvalue weighted by atomic mass is 32.1. The Bertz CT molecular complexity index is 638. The van der Waals surface area contributed by atoms with Crippen LogP contribution >= 0.6 is 11.3 Å². The van der Waals surface area contributed by atoms with E-state index in [1.165, 1.54) is 11.3 Å². The average molecular weight is 318 g/mol. The maximum atomic E-state index is 12.4. The monoisotopic (exact) mass is 318 g/mol. The molecule has 1 N–H and O–H groups in total. The quantitative estimate of drug-likeness (QED) is 0.913. The molecule has 2 aromatic heterocycles. The molecule has 6 nitrogen and oxygen atoms in total. The van der Waals surface area contributed by atoms with Gasteiger partial charge in [0.2, 0.25) is 0 Å². The molecule has 1 aliphatic rings. The van der Waals surface area contributed by atoms with E-state index < -0.39 is 0 Å². The Hall–Kier alpha value is -1.86. The number of nitrogens with zero attached hydrogens (tertiary/aromatic N) is 3. The SMILES string of the molecule is CCc1nc(-c2ncccn2)sc1C(=O)NCC1CCCO1. The van der Waals surface area contributed by atoms with E-state index in [2.05, 4.69) is 20.3 Å². The molecule has 1 aliphatic heterocycles. The summed E-state index contributed by atoms with van der Waals surface area (Å²) in [5, 5.41) is 3.63. The molecule has 1 unspecified atom stereocenters. The van der Waals surface area contributed by atoms with Crippen LogP contribution in [0.4, 0.5) is 0 Å². The maximum Gasteiger partial charge on any atom is 0.263 e. The van der Waals surface area contributed by atoms with E-state index in [9.17, 15) is 4.79 Å². The summed E-state index contributed by atoms with van der Waals surface area (Å²) in [6.45, 7) is 3.33. The molecule has 0 saturated carbocycles. The van der Waals surface area contributed by atoms with Gasteiger partial charge in [0.1, 0.15) is 4.88 Å². The zero-order chi connectivity index (χ0) is 15.4. The molecule has 0 aromatic carbocycles. The largest absolute Gasteiger partial charge is 0.376 e. The first-order chi connectivity index (χ1) is 10.8. The van der Waals surface area contributed by atoms with Crippen molar-refractivity contribution in [2.45, 2.75) is 32.3 Å². The lowest BCUT2D eigenvalue weighted by molar-refractivity contribution is 0.0860. The van der Waals surface area contributed by atoms with Crippen molar-refractivity contribution in [1.29, 1.82) is 0 Å². The molecule has 3 rings (SSSR count). The smallest absolute Gasteiger partial charge is 0.263 e. The summed E-state index contributed by atoms with van der Waals surface area (Å²) in [7, 11) is 0. The minimum Gasteiger partial charge on any atom is -0.376 e. The van der Waals surface area contributed by atoms with Gasteiger partial charge in [-0.2, -0.15) is 0 Å². The summed E-state index contributed by atoms with van der Waals surface area (Å²) in [5.74, 6) is 0.465. The van der Waals surface area contributed by atoms with Gasteiger partial charge in [-0.1, -0.05) is 6.92 Å². The first kappa shape index (κ1) is 15.1. The number of hydrogen-bond donors (Lipinski definition) is 1. The van der Waals surface area contributed by atoms with Gasteiger partial charge in [0, 0.05) is 25.5 Å². The molecular weight excluding hydrogens is 300 g/mol. The molecule has 0 bridgehead atoms. The first-order valence-corrected chi connectivity index (χ1v) is 8.26. The van der Waals surface area contributed by atoms with Crippen LogP contribution in [0.1, 0.15) is 35.1 Å². The topological polar surface area (TPSA) is 77.0 Å². The highest BCUT2D eigenvalue weighted by Crippen LogP contribution is 2.26. The van der Waals surface area contributed by atoms with Crippen molar-refractivity contribution in [2.75, 3.05) is 13.2 Å². The van der Waals surface area contributed by atoms with Gasteiger partial charge in [0.25, 0.3) is 5.91 Å². The standard InChI is InChI=1S/C15H18N4O2S/c1-2-11-12(14(20)18-9-10-5-3-8-21-10)22-15(19-11)13-16-6-4-7-17-13/h4,6-7,10H,2-3,5,8-9H2,1H3,(H,18,20). The van der Waals surface area contributed by atoms with E-state index in [4.69, 9.17) is 4.74 Å². The Morgan fingerprint density at radius 2 is 2.27 bits per heavy atom. The summed E-state index contributed by atoms with van der Waals surface area (Å²) in [6, 6.07) is 1.76. The van der Waals surface area contributed by atoms with E-state index >= 15 is 0 Å². The third kappa shape index (κ3) is 3.31. The second-order valence-corrected chi connectivity index (χ2v) is 6.06. The number of aryl methyl sites for hydroxylation is 1. The molecule has 7 heteroatoms. The second kappa shape index (κ2) is 6.93. The zero-order valence-corrected chi connectivity index (χ0v) is 13.2. The molecule has 0 radical (unpaired) electrons. The Labute approximate surface area is 133 Å². The lowest BCUT2D eigenvalue weighted by Gasteiger charge is -2.10. The summed E-state index contributed by atoms with van der Waals surface area (Å²) < 4.78 is 5.52. The van der Waals surface area contributed by atoms with Gasteiger partial charge in [-0.15, -0.1) is 11.3 Å². The summed E-state index contributed by atoms with van der Waals surface area (Å²) >= 11 is 1.34. The van der Waals surface area contributed by atoms with Crippen LogP contribution < -0.4 is 5.32 Å². The van der Waals surface area contributed by atoms with Crippen LogP contribution in [0.5, 0.6) is 0 Å². The maximum absolute atomic E-state index is 12.4. The Kier molecular flexibility index (Phi) is 4.74. The first-order valence-electron chi connectivity index (χ1n) is 7.44. The minimum absolute atomic E-state index is 0.0907. The van der Waals surface area contributed by atoms with Crippen molar-refractivity contribution in [2.24, 2.45) is 0 Å². The van der Waals surface area contributed by atoms with Gasteiger partial charge in [0.05, 0.1) is 11.8 Å². The summed E-state index contributed by atoms with van der Waals surface area (Å²) in [6.07, 6.45) is 6.26. The van der Waals surface area contributed by atoms with Gasteiger partial charge in [-0.25, -0.2) is 15.0 Å². The second-order valence-electron chi connectivity index (χ2n) is 5.07. The number of thiazole rings is 1. The van der Waals surface area contributed by atoms with Crippen molar-refractivity contribution < 1.29 is 9.53 Å². The van der Waals surface area contributed by atoms with Crippen LogP contribution in [-0.4, -0.2) is 40.1 Å². The molecule has 1 saturated heterocycles. The number of hydrogen-bond acceptors (Lipinski definition) is 6. The number of ether oxygens (including phenoxy) is 1. The molecule has 2 aromatic rings. The molecule has 116 valence electrons. The third-order valence-corrected chi connectivity index (χ3v) is 4.60. The molecule has 1 fully saturated rings. The van der Waals surface area contributed by atoms with Gasteiger partial charge >= 0.3 is 0 Å². The minimum atomic E-state index is -0.0907. The molecular formula is C15H18N4O2S. The fraction of sp³-hybridized carbons (Fsp3) is 0.467. The highest BCUT2D eigenvalue weighted by molar-refractivity contribution is 7.17. The molecule has 0 spiro atoms. The predicted octanol–water partition coefficient (Wildman–Crippen LogP) is 2.07. The van der Waals surface area contributed by atoms with E-state index in [1.54, 1.807) is 18.5 Å². The van der Waals surface area contributed by atoms with E-state index in [1.807, 2.05) is 6.92 Å². The van der Waals surface area contributed by atoms with Crippen molar-refractivity contribution in [3.8, 4) is 10.8 Å². The van der Waals surface area contributed by atoms with E-state index in [0.717, 1.165) is 25.1 Å². The van der Waals surface area contributed by atoms with Crippen LogP contribution in [0.3, 0.4) is 0 Å². The van der Waals surface area contributed by atoms with E-state index in [-0.39, 0.29) is 12.0 Å². The van der Waals surface area contributed by atoms with Crippen LogP contribution in [0.2, 0.25) is 0 Å². The normalized spacial score (nSPS) is 17.6. The van der Waals surface area contributed by atoms with Gasteiger partial charge in [-0.05, 0) is 25.3 Å². The fourth-order valence-corrected chi connectivity index (χ4v) is 3.38. The molecule has 0 aliphatic carbocycles. The fourth-order valence-electron chi connectivity index (χ4n) is 2.37. The van der Waals surface area contributed by atoms with Crippen LogP contribution in [0.25, 0.3) is 10.8 Å². The Morgan fingerprint density at radius 3 is 2.95 bits per heavy atom. The van der Waals surface area contributed by atoms with Crippen molar-refractivity contribution >= 4 is 17.2 Å². The number of nitrogens with one attached hydrogen (secondary N) is 1. The summed E-state index contributed by atoms with van der Waals surface area (Å²) in [5.41, 5.74) is 0.789. The van der Waals surface area contributed by atoms with E-state index in [0.29, 0.717) is 28.7 Å². The van der Waals surface area contributed by atoms with Crippen molar-refractivity contribution in [1.82, 2.24) is 20.3 Å². The number of carbonyl (C=O) groups excluding carboxylic acids is 1. The highest BCUT2D eigenvalue weighted by Gasteiger charge is 2.21. The Balaban J connectivity index is 1.74. The van der Waals surface area contributed by atoms with Crippen molar-refractivity contribution in [3.05, 3.63) is 29.0 Å². The zero-order valence-electron chi connectivity index (χ0n) is 12.4. The predicted molar refractivity (Wildman–Crippen MR) is 83.8 cm³/mol. The molecule has 22 heavy (non-hydrogen) atoms. The van der Waals surface area contributed by atoms with Gasteiger partial charge in [-0.3, -0.25) is 4.79 Å². The molecule has 1 amide bonds. The Morgan fingerprint density at radius 1 is 1.45 bits per heavy atom. The van der Waals surface area contributed by atoms with Gasteiger partial charge in [0.15, 0.2) is 10.8 Å². The van der Waals surface area contributed by atoms with Crippen LogP contribution in [0.15, 0.2) is 18.5 Å². The third-order valence-electron chi connectivity index (χ3n) is 3.51.